The molecule has 1 atom stereocenters. The van der Waals surface area contributed by atoms with Gasteiger partial charge in [-0.15, -0.1) is 0 Å². The summed E-state index contributed by atoms with van der Waals surface area (Å²) in [4.78, 5) is 7.50. The van der Waals surface area contributed by atoms with Crippen molar-refractivity contribution in [3.8, 4) is 0 Å². The minimum atomic E-state index is -0.861. The van der Waals surface area contributed by atoms with E-state index in [4.69, 9.17) is 11.6 Å². The minimum absolute atomic E-state index is 0.487. The number of aliphatic hydroxyl groups is 1. The first-order chi connectivity index (χ1) is 9.15. The number of aromatic nitrogens is 2. The first kappa shape index (κ1) is 12.7. The second kappa shape index (κ2) is 4.96. The van der Waals surface area contributed by atoms with Gasteiger partial charge in [0.2, 0.25) is 0 Å². The molecule has 1 aromatic heterocycles. The van der Waals surface area contributed by atoms with Gasteiger partial charge in [-0.2, -0.15) is 0 Å². The first-order valence-electron chi connectivity index (χ1n) is 5.73. The Hall–Kier alpha value is -1.36. The zero-order valence-corrected chi connectivity index (χ0v) is 12.1. The predicted molar refractivity (Wildman–Crippen MR) is 79.3 cm³/mol. The van der Waals surface area contributed by atoms with Crippen molar-refractivity contribution in [1.29, 1.82) is 0 Å². The third kappa shape index (κ3) is 2.39. The van der Waals surface area contributed by atoms with E-state index >= 15 is 0 Å². The molecule has 3 rings (SSSR count). The summed E-state index contributed by atoms with van der Waals surface area (Å²) in [5.41, 5.74) is 2.32. The van der Waals surface area contributed by atoms with E-state index in [0.29, 0.717) is 16.4 Å². The fourth-order valence-corrected chi connectivity index (χ4v) is 2.58. The standard InChI is InChI=1S/C14H10BrClN2O/c15-8-5-6-11-12(7-8)18-14(17-11)13(19)9-3-1-2-4-10(9)16/h1-7,13,19H,(H,17,18)/t13-/m1/s1. The molecule has 0 amide bonds. The van der Waals surface area contributed by atoms with E-state index in [2.05, 4.69) is 25.9 Å². The minimum Gasteiger partial charge on any atom is -0.380 e. The van der Waals surface area contributed by atoms with Crippen molar-refractivity contribution in [2.75, 3.05) is 0 Å². The molecular formula is C14H10BrClN2O. The van der Waals surface area contributed by atoms with Crippen LogP contribution in [0.4, 0.5) is 0 Å². The van der Waals surface area contributed by atoms with Crippen LogP contribution in [0.2, 0.25) is 5.02 Å². The zero-order valence-electron chi connectivity index (χ0n) is 9.77. The number of nitrogens with zero attached hydrogens (tertiary/aromatic N) is 1. The second-order valence-corrected chi connectivity index (χ2v) is 5.53. The molecule has 0 aliphatic rings. The zero-order chi connectivity index (χ0) is 13.4. The van der Waals surface area contributed by atoms with Crippen molar-refractivity contribution in [3.05, 3.63) is 63.3 Å². The number of imidazole rings is 1. The summed E-state index contributed by atoms with van der Waals surface area (Å²) < 4.78 is 0.961. The maximum Gasteiger partial charge on any atom is 0.140 e. The highest BCUT2D eigenvalue weighted by Gasteiger charge is 2.17. The van der Waals surface area contributed by atoms with Crippen molar-refractivity contribution < 1.29 is 5.11 Å². The van der Waals surface area contributed by atoms with E-state index in [-0.39, 0.29) is 0 Å². The Morgan fingerprint density at radius 1 is 1.21 bits per heavy atom. The van der Waals surface area contributed by atoms with Crippen LogP contribution in [0.3, 0.4) is 0 Å². The van der Waals surface area contributed by atoms with Crippen LogP contribution >= 0.6 is 27.5 Å². The van der Waals surface area contributed by atoms with Gasteiger partial charge in [0.25, 0.3) is 0 Å². The maximum absolute atomic E-state index is 10.4. The van der Waals surface area contributed by atoms with Crippen LogP contribution in [-0.4, -0.2) is 15.1 Å². The molecule has 0 aliphatic heterocycles. The second-order valence-electron chi connectivity index (χ2n) is 4.21. The Morgan fingerprint density at radius 2 is 2.00 bits per heavy atom. The lowest BCUT2D eigenvalue weighted by atomic mass is 10.1. The monoisotopic (exact) mass is 336 g/mol. The lowest BCUT2D eigenvalue weighted by Crippen LogP contribution is -2.02. The van der Waals surface area contributed by atoms with E-state index in [1.165, 1.54) is 0 Å². The van der Waals surface area contributed by atoms with E-state index < -0.39 is 6.10 Å². The Morgan fingerprint density at radius 3 is 2.79 bits per heavy atom. The number of H-pyrrole nitrogens is 1. The maximum atomic E-state index is 10.4. The molecule has 0 fully saturated rings. The summed E-state index contributed by atoms with van der Waals surface area (Å²) >= 11 is 9.49. The summed E-state index contributed by atoms with van der Waals surface area (Å²) in [6, 6.07) is 12.9. The third-order valence-electron chi connectivity index (χ3n) is 2.92. The summed E-state index contributed by atoms with van der Waals surface area (Å²) in [5, 5.41) is 10.9. The molecular weight excluding hydrogens is 328 g/mol. The van der Waals surface area contributed by atoms with Crippen LogP contribution < -0.4 is 0 Å². The molecule has 2 N–H and O–H groups in total. The molecule has 96 valence electrons. The molecule has 0 aliphatic carbocycles. The molecule has 0 saturated heterocycles. The highest BCUT2D eigenvalue weighted by Crippen LogP contribution is 2.28. The van der Waals surface area contributed by atoms with E-state index in [1.54, 1.807) is 12.1 Å². The molecule has 3 nitrogen and oxygen atoms in total. The summed E-state index contributed by atoms with van der Waals surface area (Å²) in [6.45, 7) is 0. The van der Waals surface area contributed by atoms with E-state index in [0.717, 1.165) is 15.5 Å². The lowest BCUT2D eigenvalue weighted by molar-refractivity contribution is 0.211. The van der Waals surface area contributed by atoms with E-state index in [1.807, 2.05) is 30.3 Å². The Bertz CT molecular complexity index is 741. The van der Waals surface area contributed by atoms with E-state index in [9.17, 15) is 5.11 Å². The molecule has 0 saturated carbocycles. The van der Waals surface area contributed by atoms with Gasteiger partial charge in [-0.1, -0.05) is 45.7 Å². The topological polar surface area (TPSA) is 48.9 Å². The fraction of sp³-hybridized carbons (Fsp3) is 0.0714. The van der Waals surface area contributed by atoms with Gasteiger partial charge in [-0.3, -0.25) is 0 Å². The molecule has 5 heteroatoms. The van der Waals surface area contributed by atoms with Gasteiger partial charge >= 0.3 is 0 Å². The summed E-state index contributed by atoms with van der Waals surface area (Å²) in [5.74, 6) is 0.487. The number of benzene rings is 2. The number of fused-ring (bicyclic) bond motifs is 1. The number of hydrogen-bond acceptors (Lipinski definition) is 2. The quantitative estimate of drug-likeness (QED) is 0.741. The summed E-state index contributed by atoms with van der Waals surface area (Å²) in [6.07, 6.45) is -0.861. The highest BCUT2D eigenvalue weighted by atomic mass is 79.9. The van der Waals surface area contributed by atoms with Gasteiger partial charge < -0.3 is 10.1 Å². The van der Waals surface area contributed by atoms with Crippen molar-refractivity contribution in [2.24, 2.45) is 0 Å². The number of rotatable bonds is 2. The van der Waals surface area contributed by atoms with Crippen LogP contribution in [0.1, 0.15) is 17.5 Å². The van der Waals surface area contributed by atoms with Gasteiger partial charge in [-0.05, 0) is 24.3 Å². The Kier molecular flexibility index (Phi) is 3.31. The molecule has 1 heterocycles. The smallest absolute Gasteiger partial charge is 0.140 e. The fourth-order valence-electron chi connectivity index (χ4n) is 1.98. The molecule has 0 bridgehead atoms. The van der Waals surface area contributed by atoms with Crippen molar-refractivity contribution >= 4 is 38.6 Å². The number of aromatic amines is 1. The number of hydrogen-bond donors (Lipinski definition) is 2. The predicted octanol–water partition coefficient (Wildman–Crippen LogP) is 4.06. The van der Waals surface area contributed by atoms with Crippen molar-refractivity contribution in [2.45, 2.75) is 6.10 Å². The normalized spacial score (nSPS) is 12.8. The van der Waals surface area contributed by atoms with Gasteiger partial charge in [0.05, 0.1) is 11.0 Å². The van der Waals surface area contributed by atoms with Gasteiger partial charge in [0.1, 0.15) is 11.9 Å². The lowest BCUT2D eigenvalue weighted by Gasteiger charge is -2.09. The van der Waals surface area contributed by atoms with Crippen molar-refractivity contribution in [3.63, 3.8) is 0 Å². The largest absolute Gasteiger partial charge is 0.380 e. The molecule has 0 radical (unpaired) electrons. The molecule has 19 heavy (non-hydrogen) atoms. The van der Waals surface area contributed by atoms with Crippen LogP contribution in [0.25, 0.3) is 11.0 Å². The van der Waals surface area contributed by atoms with Crippen LogP contribution in [0.5, 0.6) is 0 Å². The summed E-state index contributed by atoms with van der Waals surface area (Å²) in [7, 11) is 0. The van der Waals surface area contributed by atoms with Crippen LogP contribution in [-0.2, 0) is 0 Å². The average molecular weight is 338 g/mol. The molecule has 3 aromatic rings. The van der Waals surface area contributed by atoms with Crippen molar-refractivity contribution in [1.82, 2.24) is 9.97 Å². The Labute approximate surface area is 123 Å². The Balaban J connectivity index is 2.07. The molecule has 0 unspecified atom stereocenters. The SMILES string of the molecule is O[C@@H](c1nc2ccc(Br)cc2[nH]1)c1ccccc1Cl. The number of halogens is 2. The van der Waals surface area contributed by atoms with Gasteiger partial charge in [0, 0.05) is 15.1 Å². The number of nitrogens with one attached hydrogen (secondary N) is 1. The average Bonchev–Trinajstić information content (AvgIpc) is 2.81. The molecule has 2 aromatic carbocycles. The third-order valence-corrected chi connectivity index (χ3v) is 3.76. The van der Waals surface area contributed by atoms with Crippen LogP contribution in [0.15, 0.2) is 46.9 Å². The van der Waals surface area contributed by atoms with Crippen LogP contribution in [0, 0.1) is 0 Å². The molecule has 0 spiro atoms. The van der Waals surface area contributed by atoms with Gasteiger partial charge in [0.15, 0.2) is 0 Å². The first-order valence-corrected chi connectivity index (χ1v) is 6.90. The highest BCUT2D eigenvalue weighted by molar-refractivity contribution is 9.10. The number of aliphatic hydroxyl groups excluding tert-OH is 1. The van der Waals surface area contributed by atoms with Gasteiger partial charge in [-0.25, -0.2) is 4.98 Å².